The van der Waals surface area contributed by atoms with Crippen molar-refractivity contribution in [3.63, 3.8) is 0 Å². The van der Waals surface area contributed by atoms with Gasteiger partial charge >= 0.3 is 29.6 Å². The zero-order chi connectivity index (χ0) is 21.9. The zero-order valence-corrected chi connectivity index (χ0v) is 19.3. The minimum absolute atomic E-state index is 0. The maximum Gasteiger partial charge on any atom is 1.00 e. The van der Waals surface area contributed by atoms with E-state index in [0.29, 0.717) is 11.4 Å². The minimum Gasteiger partial charge on any atom is -0.744 e. The second kappa shape index (κ2) is 9.94. The van der Waals surface area contributed by atoms with Crippen molar-refractivity contribution in [2.45, 2.75) is 4.90 Å². The molecule has 0 aromatic heterocycles. The molecule has 11 heteroatoms. The number of carbonyl (C=O) groups excluding carboxylic acids is 2. The smallest absolute Gasteiger partial charge is 0.744 e. The number of hydrogen-bond donors (Lipinski definition) is 4. The van der Waals surface area contributed by atoms with Gasteiger partial charge in [0, 0.05) is 28.2 Å². The summed E-state index contributed by atoms with van der Waals surface area (Å²) < 4.78 is 35.1. The van der Waals surface area contributed by atoms with Crippen LogP contribution in [0.3, 0.4) is 0 Å². The minimum atomic E-state index is -4.95. The van der Waals surface area contributed by atoms with Crippen LogP contribution in [0.25, 0.3) is 0 Å². The molecule has 0 heterocycles. The van der Waals surface area contributed by atoms with E-state index in [4.69, 9.17) is 11.5 Å². The molecule has 0 spiro atoms. The summed E-state index contributed by atoms with van der Waals surface area (Å²) in [6.45, 7) is 0. The Morgan fingerprint density at radius 2 is 1.19 bits per heavy atom. The standard InChI is InChI=1S/C20H18N4O5S.Na/c21-14-5-1-12(2-6-14)19(25)23-16-9-10-17(18(11-16)30(27,28)29)24-20(26)13-3-7-15(22)8-4-13;/h1-11H,21-22H2,(H,23,25)(H,24,26)(H,27,28,29);/q;+1/p-1. The molecule has 0 aliphatic carbocycles. The number of nitrogen functional groups attached to an aromatic ring is 2. The number of carbonyl (C=O) groups is 2. The maximum atomic E-state index is 12.4. The van der Waals surface area contributed by atoms with Gasteiger partial charge in [0.2, 0.25) is 0 Å². The average molecular weight is 448 g/mol. The van der Waals surface area contributed by atoms with E-state index >= 15 is 0 Å². The normalized spacial score (nSPS) is 10.6. The number of nitrogens with two attached hydrogens (primary N) is 2. The summed E-state index contributed by atoms with van der Waals surface area (Å²) in [5.41, 5.74) is 12.5. The van der Waals surface area contributed by atoms with E-state index in [0.717, 1.165) is 6.07 Å². The number of hydrogen-bond acceptors (Lipinski definition) is 7. The number of nitrogens with one attached hydrogen (secondary N) is 2. The quantitative estimate of drug-likeness (QED) is 0.227. The van der Waals surface area contributed by atoms with E-state index in [1.807, 2.05) is 0 Å². The van der Waals surface area contributed by atoms with Crippen LogP contribution < -0.4 is 51.7 Å². The molecule has 0 unspecified atom stereocenters. The monoisotopic (exact) mass is 448 g/mol. The van der Waals surface area contributed by atoms with Crippen molar-refractivity contribution in [2.24, 2.45) is 0 Å². The van der Waals surface area contributed by atoms with Crippen LogP contribution in [0, 0.1) is 0 Å². The van der Waals surface area contributed by atoms with E-state index in [9.17, 15) is 22.6 Å². The molecule has 0 fully saturated rings. The summed E-state index contributed by atoms with van der Waals surface area (Å²) in [5.74, 6) is -1.15. The second-order valence-electron chi connectivity index (χ2n) is 6.32. The first-order chi connectivity index (χ1) is 14.1. The van der Waals surface area contributed by atoms with Crippen LogP contribution in [0.4, 0.5) is 22.7 Å². The molecule has 2 amide bonds. The molecule has 3 aromatic carbocycles. The Morgan fingerprint density at radius 1 is 0.742 bits per heavy atom. The van der Waals surface area contributed by atoms with Crippen molar-refractivity contribution in [2.75, 3.05) is 22.1 Å². The molecule has 3 rings (SSSR count). The predicted octanol–water partition coefficient (Wildman–Crippen LogP) is -0.736. The first-order valence-electron chi connectivity index (χ1n) is 8.57. The second-order valence-corrected chi connectivity index (χ2v) is 7.67. The van der Waals surface area contributed by atoms with Crippen LogP contribution in [0.2, 0.25) is 0 Å². The largest absolute Gasteiger partial charge is 1.00 e. The molecule has 0 aliphatic rings. The maximum absolute atomic E-state index is 12.4. The number of benzene rings is 3. The van der Waals surface area contributed by atoms with Crippen LogP contribution in [0.15, 0.2) is 71.6 Å². The molecule has 0 bridgehead atoms. The van der Waals surface area contributed by atoms with Gasteiger partial charge in [-0.1, -0.05) is 0 Å². The van der Waals surface area contributed by atoms with Crippen molar-refractivity contribution < 1.29 is 52.1 Å². The topological polar surface area (TPSA) is 167 Å². The summed E-state index contributed by atoms with van der Waals surface area (Å²) in [5, 5.41) is 4.88. The first kappa shape index (κ1) is 24.4. The van der Waals surface area contributed by atoms with Gasteiger partial charge in [-0.2, -0.15) is 0 Å². The first-order valence-corrected chi connectivity index (χ1v) is 9.98. The Morgan fingerprint density at radius 3 is 1.65 bits per heavy atom. The van der Waals surface area contributed by atoms with Crippen LogP contribution in [-0.4, -0.2) is 24.8 Å². The van der Waals surface area contributed by atoms with Gasteiger partial charge in [-0.05, 0) is 66.7 Å². The fraction of sp³-hybridized carbons (Fsp3) is 0. The molecule has 0 saturated carbocycles. The third-order valence-electron chi connectivity index (χ3n) is 4.10. The van der Waals surface area contributed by atoms with Crippen molar-refractivity contribution in [3.8, 4) is 0 Å². The number of rotatable bonds is 5. The number of anilines is 4. The van der Waals surface area contributed by atoms with Gasteiger partial charge in [0.05, 0.1) is 10.6 Å². The summed E-state index contributed by atoms with van der Waals surface area (Å²) in [6, 6.07) is 15.6. The molecular formula is C20H17N4NaO5S. The molecule has 0 saturated heterocycles. The van der Waals surface area contributed by atoms with Gasteiger partial charge in [-0.15, -0.1) is 0 Å². The molecule has 0 radical (unpaired) electrons. The predicted molar refractivity (Wildman–Crippen MR) is 112 cm³/mol. The summed E-state index contributed by atoms with van der Waals surface area (Å²) in [6.07, 6.45) is 0. The fourth-order valence-corrected chi connectivity index (χ4v) is 3.24. The summed E-state index contributed by atoms with van der Waals surface area (Å²) in [7, 11) is -4.95. The van der Waals surface area contributed by atoms with Gasteiger partial charge in [0.25, 0.3) is 11.8 Å². The van der Waals surface area contributed by atoms with Crippen LogP contribution in [0.1, 0.15) is 20.7 Å². The van der Waals surface area contributed by atoms with E-state index in [1.54, 1.807) is 0 Å². The summed E-state index contributed by atoms with van der Waals surface area (Å²) in [4.78, 5) is 24.0. The molecular weight excluding hydrogens is 431 g/mol. The van der Waals surface area contributed by atoms with Gasteiger partial charge < -0.3 is 26.7 Å². The van der Waals surface area contributed by atoms with E-state index in [2.05, 4.69) is 10.6 Å². The van der Waals surface area contributed by atoms with Gasteiger partial charge in [0.1, 0.15) is 10.1 Å². The molecule has 31 heavy (non-hydrogen) atoms. The molecule has 0 aliphatic heterocycles. The van der Waals surface area contributed by atoms with Crippen LogP contribution >= 0.6 is 0 Å². The third-order valence-corrected chi connectivity index (χ3v) is 4.98. The third kappa shape index (κ3) is 6.29. The molecule has 6 N–H and O–H groups in total. The summed E-state index contributed by atoms with van der Waals surface area (Å²) >= 11 is 0. The molecule has 9 nitrogen and oxygen atoms in total. The Kier molecular flexibility index (Phi) is 7.82. The van der Waals surface area contributed by atoms with Gasteiger partial charge in [0.15, 0.2) is 0 Å². The molecule has 154 valence electrons. The van der Waals surface area contributed by atoms with Gasteiger partial charge in [-0.25, -0.2) is 8.42 Å². The van der Waals surface area contributed by atoms with Crippen molar-refractivity contribution in [1.82, 2.24) is 0 Å². The van der Waals surface area contributed by atoms with E-state index in [-0.39, 0.29) is 52.1 Å². The Bertz CT molecular complexity index is 1210. The van der Waals surface area contributed by atoms with E-state index < -0.39 is 26.8 Å². The Hall–Kier alpha value is -2.89. The van der Waals surface area contributed by atoms with Crippen LogP contribution in [0.5, 0.6) is 0 Å². The fourth-order valence-electron chi connectivity index (χ4n) is 2.58. The molecule has 3 aromatic rings. The van der Waals surface area contributed by atoms with E-state index in [1.165, 1.54) is 60.7 Å². The van der Waals surface area contributed by atoms with Crippen LogP contribution in [-0.2, 0) is 10.1 Å². The van der Waals surface area contributed by atoms with Gasteiger partial charge in [-0.3, -0.25) is 9.59 Å². The Balaban J connectivity index is 0.00000341. The van der Waals surface area contributed by atoms with Crippen molar-refractivity contribution >= 4 is 44.7 Å². The Labute approximate surface area is 200 Å². The number of amides is 2. The zero-order valence-electron chi connectivity index (χ0n) is 16.5. The van der Waals surface area contributed by atoms with Crippen molar-refractivity contribution in [3.05, 3.63) is 77.9 Å². The average Bonchev–Trinajstić information content (AvgIpc) is 2.69. The molecule has 0 atom stereocenters. The SMILES string of the molecule is Nc1ccc(C(=O)Nc2ccc(NC(=O)c3ccc(N)cc3)c(S(=O)(=O)[O-])c2)cc1.[Na+]. The van der Waals surface area contributed by atoms with Crippen molar-refractivity contribution in [1.29, 1.82) is 0 Å².